The van der Waals surface area contributed by atoms with Gasteiger partial charge in [-0.15, -0.1) is 0 Å². The molecule has 1 aromatic carbocycles. The van der Waals surface area contributed by atoms with Crippen LogP contribution in [0, 0.1) is 23.7 Å². The van der Waals surface area contributed by atoms with Crippen molar-refractivity contribution in [3.8, 4) is 0 Å². The van der Waals surface area contributed by atoms with Crippen LogP contribution in [-0.4, -0.2) is 12.1 Å². The van der Waals surface area contributed by atoms with Crippen LogP contribution >= 0.6 is 0 Å². The van der Waals surface area contributed by atoms with Gasteiger partial charge in [-0.25, -0.2) is 0 Å². The van der Waals surface area contributed by atoms with Crippen molar-refractivity contribution >= 4 is 5.97 Å². The third-order valence-corrected chi connectivity index (χ3v) is 6.46. The highest BCUT2D eigenvalue weighted by Gasteiger charge is 2.62. The molecule has 114 valence electrons. The van der Waals surface area contributed by atoms with Gasteiger partial charge in [-0.1, -0.05) is 50.6 Å². The maximum absolute atomic E-state index is 12.3. The van der Waals surface area contributed by atoms with Crippen molar-refractivity contribution in [2.24, 2.45) is 16.7 Å². The summed E-state index contributed by atoms with van der Waals surface area (Å²) in [6.45, 7) is 9.06. The Balaban J connectivity index is 1.65. The number of aryl methyl sites for hydroxylation is 1. The van der Waals surface area contributed by atoms with E-state index in [4.69, 9.17) is 4.74 Å². The molecule has 0 saturated heterocycles. The molecular weight excluding hydrogens is 260 g/mol. The molecule has 0 spiro atoms. The number of hydrogen-bond acceptors (Lipinski definition) is 2. The number of hydrogen-bond donors (Lipinski definition) is 0. The second kappa shape index (κ2) is 4.86. The lowest BCUT2D eigenvalue weighted by Gasteiger charge is -2.38. The Kier molecular flexibility index (Phi) is 3.38. The number of rotatable bonds is 3. The smallest absolute Gasteiger partial charge is 0.310 e. The summed E-state index contributed by atoms with van der Waals surface area (Å²) in [6, 6.07) is 8.13. The van der Waals surface area contributed by atoms with Crippen LogP contribution in [0.25, 0.3) is 0 Å². The van der Waals surface area contributed by atoms with E-state index in [2.05, 4.69) is 27.7 Å². The highest BCUT2D eigenvalue weighted by Crippen LogP contribution is 2.66. The van der Waals surface area contributed by atoms with Crippen LogP contribution in [0.5, 0.6) is 0 Å². The van der Waals surface area contributed by atoms with Gasteiger partial charge in [0.25, 0.3) is 0 Å². The minimum absolute atomic E-state index is 0.0755. The summed E-state index contributed by atoms with van der Waals surface area (Å²) in [5.41, 5.74) is 2.70. The molecule has 1 aromatic rings. The van der Waals surface area contributed by atoms with Gasteiger partial charge in [0, 0.05) is 5.41 Å². The molecule has 0 heterocycles. The molecule has 0 aromatic heterocycles. The van der Waals surface area contributed by atoms with E-state index in [0.29, 0.717) is 17.8 Å². The van der Waals surface area contributed by atoms with Gasteiger partial charge in [0.15, 0.2) is 0 Å². The van der Waals surface area contributed by atoms with E-state index in [0.717, 1.165) is 12.0 Å². The molecule has 3 rings (SSSR count). The minimum atomic E-state index is -0.0755. The van der Waals surface area contributed by atoms with E-state index in [1.807, 2.05) is 24.3 Å². The molecule has 0 aliphatic heterocycles. The van der Waals surface area contributed by atoms with Crippen LogP contribution in [0.4, 0.5) is 0 Å². The fourth-order valence-corrected chi connectivity index (χ4v) is 4.38. The summed E-state index contributed by atoms with van der Waals surface area (Å²) in [5, 5.41) is 0. The molecule has 0 radical (unpaired) electrons. The quantitative estimate of drug-likeness (QED) is 0.775. The Labute approximate surface area is 127 Å². The normalized spacial score (nSPS) is 33.1. The first kappa shape index (κ1) is 14.6. The number of carbonyl (C=O) groups excluding carboxylic acids is 1. The Morgan fingerprint density at radius 2 is 1.90 bits per heavy atom. The van der Waals surface area contributed by atoms with Gasteiger partial charge in [0.2, 0.25) is 0 Å². The zero-order valence-electron chi connectivity index (χ0n) is 13.6. The summed E-state index contributed by atoms with van der Waals surface area (Å²) in [6.07, 6.45) is 4.01. The number of fused-ring (bicyclic) bond motifs is 2. The second-order valence-corrected chi connectivity index (χ2v) is 7.75. The van der Waals surface area contributed by atoms with Crippen molar-refractivity contribution < 1.29 is 9.53 Å². The van der Waals surface area contributed by atoms with Crippen molar-refractivity contribution in [2.45, 2.75) is 59.5 Å². The number of ether oxygens (including phenoxy) is 1. The zero-order chi connectivity index (χ0) is 15.3. The van der Waals surface area contributed by atoms with Gasteiger partial charge < -0.3 is 4.74 Å². The first-order chi connectivity index (χ1) is 9.83. The van der Waals surface area contributed by atoms with Crippen molar-refractivity contribution in [2.75, 3.05) is 0 Å². The summed E-state index contributed by atoms with van der Waals surface area (Å²) in [5.74, 6) is 0.633. The Morgan fingerprint density at radius 3 is 2.43 bits per heavy atom. The first-order valence-corrected chi connectivity index (χ1v) is 8.08. The number of carbonyl (C=O) groups is 1. The second-order valence-electron chi connectivity index (χ2n) is 7.75. The predicted octanol–water partition coefficient (Wildman–Crippen LogP) is 4.30. The van der Waals surface area contributed by atoms with Crippen molar-refractivity contribution in [3.05, 3.63) is 35.4 Å². The topological polar surface area (TPSA) is 26.3 Å². The highest BCUT2D eigenvalue weighted by atomic mass is 16.5. The van der Waals surface area contributed by atoms with E-state index in [-0.39, 0.29) is 17.5 Å². The fourth-order valence-electron chi connectivity index (χ4n) is 4.38. The molecule has 3 unspecified atom stereocenters. The van der Waals surface area contributed by atoms with Crippen LogP contribution in [0.2, 0.25) is 0 Å². The molecule has 3 atom stereocenters. The van der Waals surface area contributed by atoms with Crippen molar-refractivity contribution in [1.82, 2.24) is 0 Å². The molecule has 2 bridgehead atoms. The molecule has 2 fully saturated rings. The van der Waals surface area contributed by atoms with Gasteiger partial charge in [-0.2, -0.15) is 0 Å². The van der Waals surface area contributed by atoms with Crippen LogP contribution < -0.4 is 0 Å². The van der Waals surface area contributed by atoms with Gasteiger partial charge in [0.05, 0.1) is 6.42 Å². The maximum Gasteiger partial charge on any atom is 0.310 e. The monoisotopic (exact) mass is 286 g/mol. The summed E-state index contributed by atoms with van der Waals surface area (Å²) in [4.78, 5) is 12.3. The maximum atomic E-state index is 12.3. The van der Waals surface area contributed by atoms with Crippen molar-refractivity contribution in [1.29, 1.82) is 0 Å². The number of benzene rings is 1. The largest absolute Gasteiger partial charge is 0.462 e. The third kappa shape index (κ3) is 2.29. The van der Waals surface area contributed by atoms with Crippen molar-refractivity contribution in [3.63, 3.8) is 0 Å². The summed E-state index contributed by atoms with van der Waals surface area (Å²) >= 11 is 0. The fraction of sp³-hybridized carbons (Fsp3) is 0.632. The van der Waals surface area contributed by atoms with E-state index in [1.54, 1.807) is 0 Å². The average Bonchev–Trinajstić information content (AvgIpc) is 2.74. The molecule has 0 amide bonds. The van der Waals surface area contributed by atoms with Crippen LogP contribution in [-0.2, 0) is 16.0 Å². The van der Waals surface area contributed by atoms with E-state index in [9.17, 15) is 4.79 Å². The molecule has 2 aliphatic rings. The third-order valence-electron chi connectivity index (χ3n) is 6.46. The SMILES string of the molecule is Cc1ccc(CC(=O)OC2CC3CCC2(C)C3(C)C)cc1. The van der Waals surface area contributed by atoms with Gasteiger partial charge in [0.1, 0.15) is 6.10 Å². The number of esters is 1. The molecule has 0 N–H and O–H groups in total. The van der Waals surface area contributed by atoms with Crippen LogP contribution in [0.3, 0.4) is 0 Å². The Morgan fingerprint density at radius 1 is 1.24 bits per heavy atom. The highest BCUT2D eigenvalue weighted by molar-refractivity contribution is 5.72. The zero-order valence-corrected chi connectivity index (χ0v) is 13.6. The van der Waals surface area contributed by atoms with E-state index in [1.165, 1.54) is 18.4 Å². The summed E-state index contributed by atoms with van der Waals surface area (Å²) < 4.78 is 5.88. The Hall–Kier alpha value is -1.31. The lowest BCUT2D eigenvalue weighted by molar-refractivity contribution is -0.156. The summed E-state index contributed by atoms with van der Waals surface area (Å²) in [7, 11) is 0. The minimum Gasteiger partial charge on any atom is -0.462 e. The molecule has 2 saturated carbocycles. The van der Waals surface area contributed by atoms with Gasteiger partial charge in [-0.3, -0.25) is 4.79 Å². The van der Waals surface area contributed by atoms with Gasteiger partial charge in [-0.05, 0) is 43.1 Å². The predicted molar refractivity (Wildman–Crippen MR) is 84.0 cm³/mol. The van der Waals surface area contributed by atoms with Crippen LogP contribution in [0.15, 0.2) is 24.3 Å². The molecular formula is C19H26O2. The lowest BCUT2D eigenvalue weighted by atomic mass is 9.70. The first-order valence-electron chi connectivity index (χ1n) is 8.08. The average molecular weight is 286 g/mol. The Bertz CT molecular complexity index is 543. The molecule has 2 aliphatic carbocycles. The molecule has 21 heavy (non-hydrogen) atoms. The van der Waals surface area contributed by atoms with Gasteiger partial charge >= 0.3 is 5.97 Å². The lowest BCUT2D eigenvalue weighted by Crippen LogP contribution is -2.38. The molecule has 2 heteroatoms. The standard InChI is InChI=1S/C19H26O2/c1-13-5-7-14(8-6-13)11-17(20)21-16-12-15-9-10-19(16,4)18(15,2)3/h5-8,15-16H,9-12H2,1-4H3. The van der Waals surface area contributed by atoms with E-state index >= 15 is 0 Å². The molecule has 2 nitrogen and oxygen atoms in total. The van der Waals surface area contributed by atoms with Crippen LogP contribution in [0.1, 0.15) is 51.2 Å². The van der Waals surface area contributed by atoms with E-state index < -0.39 is 0 Å².